The largest absolute Gasteiger partial charge is 0.402 e. The van der Waals surface area contributed by atoms with Crippen LogP contribution < -0.4 is 5.73 Å². The molecule has 0 spiro atoms. The fourth-order valence-corrected chi connectivity index (χ4v) is 1.15. The zero-order chi connectivity index (χ0) is 9.14. The second kappa shape index (κ2) is 3.39. The molecule has 0 aliphatic rings. The standard InChI is InChI=1S/C10H14N2/c1-7-4-5-12-9(3)10(7)6-8(2)11/h4-6H,11H2,1-3H3/b8-6+. The van der Waals surface area contributed by atoms with Crippen LogP contribution in [0.25, 0.3) is 6.08 Å². The number of nitrogens with zero attached hydrogens (tertiary/aromatic N) is 1. The van der Waals surface area contributed by atoms with Gasteiger partial charge in [0, 0.05) is 23.2 Å². The van der Waals surface area contributed by atoms with Crippen LogP contribution in [-0.2, 0) is 0 Å². The Morgan fingerprint density at radius 3 is 2.67 bits per heavy atom. The van der Waals surface area contributed by atoms with Crippen molar-refractivity contribution in [3.63, 3.8) is 0 Å². The van der Waals surface area contributed by atoms with E-state index >= 15 is 0 Å². The molecule has 0 bridgehead atoms. The van der Waals surface area contributed by atoms with Gasteiger partial charge in [-0.05, 0) is 38.5 Å². The maximum atomic E-state index is 5.60. The number of pyridine rings is 1. The fraction of sp³-hybridized carbons (Fsp3) is 0.300. The molecule has 1 aromatic rings. The van der Waals surface area contributed by atoms with Crippen molar-refractivity contribution >= 4 is 6.08 Å². The van der Waals surface area contributed by atoms with E-state index in [4.69, 9.17) is 5.73 Å². The molecule has 0 amide bonds. The van der Waals surface area contributed by atoms with Gasteiger partial charge in [-0.25, -0.2) is 0 Å². The number of rotatable bonds is 1. The Labute approximate surface area is 73.1 Å². The van der Waals surface area contributed by atoms with Crippen LogP contribution in [0, 0.1) is 13.8 Å². The summed E-state index contributed by atoms with van der Waals surface area (Å²) in [4.78, 5) is 4.19. The lowest BCUT2D eigenvalue weighted by molar-refractivity contribution is 1.16. The molecule has 0 aromatic carbocycles. The lowest BCUT2D eigenvalue weighted by Crippen LogP contribution is -1.94. The zero-order valence-electron chi connectivity index (χ0n) is 7.76. The van der Waals surface area contributed by atoms with Gasteiger partial charge in [0.05, 0.1) is 0 Å². The maximum absolute atomic E-state index is 5.60. The van der Waals surface area contributed by atoms with E-state index in [2.05, 4.69) is 11.9 Å². The van der Waals surface area contributed by atoms with Crippen LogP contribution in [0.4, 0.5) is 0 Å². The van der Waals surface area contributed by atoms with Crippen molar-refractivity contribution in [2.75, 3.05) is 0 Å². The minimum absolute atomic E-state index is 0.814. The van der Waals surface area contributed by atoms with E-state index in [1.807, 2.05) is 32.2 Å². The van der Waals surface area contributed by atoms with Crippen LogP contribution in [0.1, 0.15) is 23.7 Å². The summed E-state index contributed by atoms with van der Waals surface area (Å²) in [7, 11) is 0. The number of allylic oxidation sites excluding steroid dienone is 1. The summed E-state index contributed by atoms with van der Waals surface area (Å²) in [6, 6.07) is 1.99. The highest BCUT2D eigenvalue weighted by Gasteiger charge is 1.98. The topological polar surface area (TPSA) is 38.9 Å². The second-order valence-corrected chi connectivity index (χ2v) is 3.02. The van der Waals surface area contributed by atoms with Crippen molar-refractivity contribution in [1.82, 2.24) is 4.98 Å². The molecular formula is C10H14N2. The average Bonchev–Trinajstić information content (AvgIpc) is 1.97. The van der Waals surface area contributed by atoms with Gasteiger partial charge in [0.2, 0.25) is 0 Å². The molecule has 0 aliphatic heterocycles. The van der Waals surface area contributed by atoms with Gasteiger partial charge in [-0.1, -0.05) is 0 Å². The molecule has 2 heteroatoms. The number of aryl methyl sites for hydroxylation is 2. The number of aromatic nitrogens is 1. The molecule has 1 heterocycles. The average molecular weight is 162 g/mol. The van der Waals surface area contributed by atoms with Crippen LogP contribution >= 0.6 is 0 Å². The third-order valence-corrected chi connectivity index (χ3v) is 1.78. The molecule has 1 rings (SSSR count). The quantitative estimate of drug-likeness (QED) is 0.686. The first kappa shape index (κ1) is 8.78. The van der Waals surface area contributed by atoms with E-state index in [0.29, 0.717) is 0 Å². The van der Waals surface area contributed by atoms with E-state index in [9.17, 15) is 0 Å². The van der Waals surface area contributed by atoms with Crippen molar-refractivity contribution in [1.29, 1.82) is 0 Å². The molecule has 0 saturated carbocycles. The van der Waals surface area contributed by atoms with Crippen molar-refractivity contribution < 1.29 is 0 Å². The summed E-state index contributed by atoms with van der Waals surface area (Å²) >= 11 is 0. The van der Waals surface area contributed by atoms with Gasteiger partial charge >= 0.3 is 0 Å². The Morgan fingerprint density at radius 2 is 2.17 bits per heavy atom. The fourth-order valence-electron chi connectivity index (χ4n) is 1.15. The van der Waals surface area contributed by atoms with Crippen LogP contribution in [0.2, 0.25) is 0 Å². The summed E-state index contributed by atoms with van der Waals surface area (Å²) < 4.78 is 0. The summed E-state index contributed by atoms with van der Waals surface area (Å²) in [5.74, 6) is 0. The van der Waals surface area contributed by atoms with Gasteiger partial charge < -0.3 is 5.73 Å². The minimum atomic E-state index is 0.814. The van der Waals surface area contributed by atoms with Crippen LogP contribution in [0.15, 0.2) is 18.0 Å². The molecule has 2 nitrogen and oxygen atoms in total. The van der Waals surface area contributed by atoms with E-state index in [0.717, 1.165) is 17.0 Å². The third kappa shape index (κ3) is 1.84. The molecule has 0 radical (unpaired) electrons. The Bertz CT molecular complexity index is 289. The van der Waals surface area contributed by atoms with Gasteiger partial charge in [-0.15, -0.1) is 0 Å². The van der Waals surface area contributed by atoms with E-state index < -0.39 is 0 Å². The van der Waals surface area contributed by atoms with Gasteiger partial charge in [0.25, 0.3) is 0 Å². The lowest BCUT2D eigenvalue weighted by atomic mass is 10.1. The Balaban J connectivity index is 3.22. The Morgan fingerprint density at radius 1 is 1.50 bits per heavy atom. The summed E-state index contributed by atoms with van der Waals surface area (Å²) in [6.45, 7) is 5.93. The highest BCUT2D eigenvalue weighted by Crippen LogP contribution is 2.13. The van der Waals surface area contributed by atoms with Gasteiger partial charge in [-0.2, -0.15) is 0 Å². The molecule has 0 saturated heterocycles. The molecular weight excluding hydrogens is 148 g/mol. The highest BCUT2D eigenvalue weighted by molar-refractivity contribution is 5.57. The molecule has 1 aromatic heterocycles. The third-order valence-electron chi connectivity index (χ3n) is 1.78. The van der Waals surface area contributed by atoms with E-state index in [-0.39, 0.29) is 0 Å². The molecule has 0 aliphatic carbocycles. The van der Waals surface area contributed by atoms with E-state index in [1.54, 1.807) is 0 Å². The van der Waals surface area contributed by atoms with Gasteiger partial charge in [0.15, 0.2) is 0 Å². The smallest absolute Gasteiger partial charge is 0.0448 e. The summed E-state index contributed by atoms with van der Waals surface area (Å²) in [5, 5.41) is 0. The van der Waals surface area contributed by atoms with Crippen LogP contribution in [0.3, 0.4) is 0 Å². The normalized spacial score (nSPS) is 11.8. The van der Waals surface area contributed by atoms with Crippen molar-refractivity contribution in [2.45, 2.75) is 20.8 Å². The SMILES string of the molecule is C/C(N)=C\c1c(C)ccnc1C. The van der Waals surface area contributed by atoms with Crippen molar-refractivity contribution in [3.05, 3.63) is 34.8 Å². The number of hydrogen-bond acceptors (Lipinski definition) is 2. The molecule has 64 valence electrons. The first-order chi connectivity index (χ1) is 5.61. The molecule has 0 fully saturated rings. The summed E-state index contributed by atoms with van der Waals surface area (Å²) in [5.41, 5.74) is 9.79. The first-order valence-electron chi connectivity index (χ1n) is 3.97. The first-order valence-corrected chi connectivity index (χ1v) is 3.97. The molecule has 0 atom stereocenters. The Hall–Kier alpha value is -1.31. The second-order valence-electron chi connectivity index (χ2n) is 3.02. The predicted molar refractivity (Wildman–Crippen MR) is 51.5 cm³/mol. The molecule has 12 heavy (non-hydrogen) atoms. The van der Waals surface area contributed by atoms with Crippen molar-refractivity contribution in [2.24, 2.45) is 5.73 Å². The zero-order valence-corrected chi connectivity index (χ0v) is 7.76. The van der Waals surface area contributed by atoms with Crippen LogP contribution in [0.5, 0.6) is 0 Å². The van der Waals surface area contributed by atoms with Crippen molar-refractivity contribution in [3.8, 4) is 0 Å². The predicted octanol–water partition coefficient (Wildman–Crippen LogP) is 2.02. The number of hydrogen-bond donors (Lipinski definition) is 1. The van der Waals surface area contributed by atoms with E-state index in [1.165, 1.54) is 5.56 Å². The maximum Gasteiger partial charge on any atom is 0.0448 e. The summed E-state index contributed by atoms with van der Waals surface area (Å²) in [6.07, 6.45) is 3.77. The Kier molecular flexibility index (Phi) is 2.48. The minimum Gasteiger partial charge on any atom is -0.402 e. The van der Waals surface area contributed by atoms with Crippen LogP contribution in [-0.4, -0.2) is 4.98 Å². The lowest BCUT2D eigenvalue weighted by Gasteiger charge is -2.03. The van der Waals surface area contributed by atoms with Gasteiger partial charge in [-0.3, -0.25) is 4.98 Å². The van der Waals surface area contributed by atoms with Gasteiger partial charge in [0.1, 0.15) is 0 Å². The monoisotopic (exact) mass is 162 g/mol. The molecule has 0 unspecified atom stereocenters. The highest BCUT2D eigenvalue weighted by atomic mass is 14.7. The molecule has 2 N–H and O–H groups in total. The number of nitrogens with two attached hydrogens (primary N) is 1.